The number of nitrogens with zero attached hydrogens (tertiary/aromatic N) is 1. The maximum absolute atomic E-state index is 12.0. The molecule has 0 unspecified atom stereocenters. The molecule has 0 saturated carbocycles. The van der Waals surface area contributed by atoms with Crippen LogP contribution in [0.3, 0.4) is 0 Å². The largest absolute Gasteiger partial charge is 0.261 e. The Balaban J connectivity index is 1.85. The monoisotopic (exact) mass is 354 g/mol. The number of pyridine rings is 1. The van der Waals surface area contributed by atoms with Crippen LogP contribution in [0.4, 0.5) is 0 Å². The summed E-state index contributed by atoms with van der Waals surface area (Å²) in [7, 11) is -3.42. The second-order valence-electron chi connectivity index (χ2n) is 4.28. The Kier molecular flexibility index (Phi) is 5.28. The molecule has 0 saturated heterocycles. The zero-order valence-electron chi connectivity index (χ0n) is 10.8. The summed E-state index contributed by atoms with van der Waals surface area (Å²) >= 11 is 3.28. The predicted octanol–water partition coefficient (Wildman–Crippen LogP) is 2.76. The highest BCUT2D eigenvalue weighted by atomic mass is 79.9. The standard InChI is InChI=1S/C14H15BrN2O2S/c15-12-6-8-14(9-7-12)20(18,19)17-11-3-5-13-4-1-2-10-16-13/h1-2,4,6-10,17H,3,5,11H2. The number of rotatable bonds is 6. The molecule has 1 heterocycles. The zero-order chi connectivity index (χ0) is 14.4. The summed E-state index contributed by atoms with van der Waals surface area (Å²) in [5, 5.41) is 0. The Morgan fingerprint density at radius 1 is 1.10 bits per heavy atom. The van der Waals surface area contributed by atoms with E-state index in [1.165, 1.54) is 0 Å². The molecule has 0 aliphatic rings. The molecule has 6 heteroatoms. The minimum atomic E-state index is -3.42. The van der Waals surface area contributed by atoms with Crippen LogP contribution in [0.2, 0.25) is 0 Å². The number of benzene rings is 1. The van der Waals surface area contributed by atoms with Gasteiger partial charge in [-0.3, -0.25) is 4.98 Å². The van der Waals surface area contributed by atoms with Crippen molar-refractivity contribution in [3.63, 3.8) is 0 Å². The van der Waals surface area contributed by atoms with Crippen LogP contribution in [-0.2, 0) is 16.4 Å². The van der Waals surface area contributed by atoms with Gasteiger partial charge < -0.3 is 0 Å². The lowest BCUT2D eigenvalue weighted by molar-refractivity contribution is 0.578. The Labute approximate surface area is 127 Å². The van der Waals surface area contributed by atoms with Crippen molar-refractivity contribution < 1.29 is 8.42 Å². The van der Waals surface area contributed by atoms with Gasteiger partial charge in [0, 0.05) is 22.9 Å². The molecule has 1 aromatic carbocycles. The first-order chi connectivity index (χ1) is 9.58. The van der Waals surface area contributed by atoms with E-state index >= 15 is 0 Å². The fraction of sp³-hybridized carbons (Fsp3) is 0.214. The molecule has 20 heavy (non-hydrogen) atoms. The van der Waals surface area contributed by atoms with Gasteiger partial charge in [-0.05, 0) is 49.2 Å². The fourth-order valence-electron chi connectivity index (χ4n) is 1.72. The molecule has 0 radical (unpaired) electrons. The molecule has 2 aromatic rings. The third kappa shape index (κ3) is 4.40. The maximum Gasteiger partial charge on any atom is 0.240 e. The highest BCUT2D eigenvalue weighted by Crippen LogP contribution is 2.14. The average Bonchev–Trinajstić information content (AvgIpc) is 2.45. The van der Waals surface area contributed by atoms with E-state index in [-0.39, 0.29) is 4.90 Å². The van der Waals surface area contributed by atoms with E-state index in [0.717, 1.165) is 16.6 Å². The summed E-state index contributed by atoms with van der Waals surface area (Å²) in [6.45, 7) is 0.398. The van der Waals surface area contributed by atoms with E-state index in [2.05, 4.69) is 25.6 Å². The molecule has 0 fully saturated rings. The van der Waals surface area contributed by atoms with Gasteiger partial charge in [-0.15, -0.1) is 0 Å². The number of hydrogen-bond acceptors (Lipinski definition) is 3. The van der Waals surface area contributed by atoms with E-state index in [9.17, 15) is 8.42 Å². The lowest BCUT2D eigenvalue weighted by Gasteiger charge is -2.06. The first-order valence-corrected chi connectivity index (χ1v) is 8.51. The van der Waals surface area contributed by atoms with E-state index in [4.69, 9.17) is 0 Å². The van der Waals surface area contributed by atoms with Gasteiger partial charge in [-0.1, -0.05) is 22.0 Å². The van der Waals surface area contributed by atoms with Gasteiger partial charge in [0.25, 0.3) is 0 Å². The average molecular weight is 355 g/mol. The lowest BCUT2D eigenvalue weighted by atomic mass is 10.2. The van der Waals surface area contributed by atoms with E-state index in [1.54, 1.807) is 30.5 Å². The fourth-order valence-corrected chi connectivity index (χ4v) is 3.06. The van der Waals surface area contributed by atoms with Crippen LogP contribution >= 0.6 is 15.9 Å². The van der Waals surface area contributed by atoms with Crippen LogP contribution < -0.4 is 4.72 Å². The maximum atomic E-state index is 12.0. The van der Waals surface area contributed by atoms with Gasteiger partial charge in [0.1, 0.15) is 0 Å². The number of sulfonamides is 1. The first kappa shape index (κ1) is 15.2. The molecule has 1 aromatic heterocycles. The predicted molar refractivity (Wildman–Crippen MR) is 81.9 cm³/mol. The van der Waals surface area contributed by atoms with Crippen molar-refractivity contribution in [3.05, 3.63) is 58.8 Å². The molecule has 0 aliphatic carbocycles. The molecule has 0 atom stereocenters. The Morgan fingerprint density at radius 2 is 1.85 bits per heavy atom. The van der Waals surface area contributed by atoms with Crippen molar-refractivity contribution in [1.82, 2.24) is 9.71 Å². The molecule has 0 spiro atoms. The second kappa shape index (κ2) is 6.97. The van der Waals surface area contributed by atoms with Crippen LogP contribution in [0.5, 0.6) is 0 Å². The summed E-state index contributed by atoms with van der Waals surface area (Å²) in [5.41, 5.74) is 0.968. The smallest absolute Gasteiger partial charge is 0.240 e. The van der Waals surface area contributed by atoms with Gasteiger partial charge in [-0.25, -0.2) is 13.1 Å². The van der Waals surface area contributed by atoms with Crippen molar-refractivity contribution in [2.45, 2.75) is 17.7 Å². The Hall–Kier alpha value is -1.24. The topological polar surface area (TPSA) is 59.1 Å². The second-order valence-corrected chi connectivity index (χ2v) is 6.96. The summed E-state index contributed by atoms with van der Waals surface area (Å²) in [6, 6.07) is 12.3. The highest BCUT2D eigenvalue weighted by Gasteiger charge is 2.12. The SMILES string of the molecule is O=S(=O)(NCCCc1ccccn1)c1ccc(Br)cc1. The molecule has 1 N–H and O–H groups in total. The van der Waals surface area contributed by atoms with E-state index in [1.807, 2.05) is 18.2 Å². The molecular weight excluding hydrogens is 340 g/mol. The van der Waals surface area contributed by atoms with Crippen LogP contribution in [0.1, 0.15) is 12.1 Å². The summed E-state index contributed by atoms with van der Waals surface area (Å²) < 4.78 is 27.5. The van der Waals surface area contributed by atoms with Crippen LogP contribution in [0.15, 0.2) is 58.0 Å². The first-order valence-electron chi connectivity index (χ1n) is 6.23. The van der Waals surface area contributed by atoms with Crippen LogP contribution in [0, 0.1) is 0 Å². The number of aromatic nitrogens is 1. The molecular formula is C14H15BrN2O2S. The minimum Gasteiger partial charge on any atom is -0.261 e. The van der Waals surface area contributed by atoms with E-state index < -0.39 is 10.0 Å². The molecule has 2 rings (SSSR count). The van der Waals surface area contributed by atoms with Gasteiger partial charge in [-0.2, -0.15) is 0 Å². The lowest BCUT2D eigenvalue weighted by Crippen LogP contribution is -2.25. The summed E-state index contributed by atoms with van der Waals surface area (Å²) in [5.74, 6) is 0. The third-order valence-electron chi connectivity index (χ3n) is 2.75. The summed E-state index contributed by atoms with van der Waals surface area (Å²) in [4.78, 5) is 4.47. The number of nitrogens with one attached hydrogen (secondary N) is 1. The summed E-state index contributed by atoms with van der Waals surface area (Å²) in [6.07, 6.45) is 3.21. The Morgan fingerprint density at radius 3 is 2.50 bits per heavy atom. The number of aryl methyl sites for hydroxylation is 1. The van der Waals surface area contributed by atoms with Crippen molar-refractivity contribution in [3.8, 4) is 0 Å². The van der Waals surface area contributed by atoms with Gasteiger partial charge >= 0.3 is 0 Å². The van der Waals surface area contributed by atoms with Crippen molar-refractivity contribution in [1.29, 1.82) is 0 Å². The Bertz CT molecular complexity index is 643. The van der Waals surface area contributed by atoms with Gasteiger partial charge in [0.05, 0.1) is 4.90 Å². The molecule has 0 amide bonds. The van der Waals surface area contributed by atoms with Crippen molar-refractivity contribution in [2.75, 3.05) is 6.54 Å². The molecule has 0 bridgehead atoms. The van der Waals surface area contributed by atoms with E-state index in [0.29, 0.717) is 13.0 Å². The zero-order valence-corrected chi connectivity index (χ0v) is 13.2. The number of halogens is 1. The van der Waals surface area contributed by atoms with Gasteiger partial charge in [0.15, 0.2) is 0 Å². The van der Waals surface area contributed by atoms with Crippen LogP contribution in [-0.4, -0.2) is 19.9 Å². The normalized spacial score (nSPS) is 11.4. The third-order valence-corrected chi connectivity index (χ3v) is 4.76. The molecule has 106 valence electrons. The minimum absolute atomic E-state index is 0.276. The van der Waals surface area contributed by atoms with Crippen molar-refractivity contribution in [2.24, 2.45) is 0 Å². The van der Waals surface area contributed by atoms with Gasteiger partial charge in [0.2, 0.25) is 10.0 Å². The molecule has 4 nitrogen and oxygen atoms in total. The van der Waals surface area contributed by atoms with Crippen molar-refractivity contribution >= 4 is 26.0 Å². The van der Waals surface area contributed by atoms with Crippen LogP contribution in [0.25, 0.3) is 0 Å². The molecule has 0 aliphatic heterocycles. The quantitative estimate of drug-likeness (QED) is 0.811. The number of hydrogen-bond donors (Lipinski definition) is 1. The highest BCUT2D eigenvalue weighted by molar-refractivity contribution is 9.10.